The molecule has 2 N–H and O–H groups in total. The summed E-state index contributed by atoms with van der Waals surface area (Å²) in [6.07, 6.45) is 1.64. The summed E-state index contributed by atoms with van der Waals surface area (Å²) >= 11 is 0. The molecule has 0 aromatic heterocycles. The first-order valence-corrected chi connectivity index (χ1v) is 8.53. The Bertz CT molecular complexity index is 726. The topological polar surface area (TPSA) is 91.0 Å². The summed E-state index contributed by atoms with van der Waals surface area (Å²) in [5.41, 5.74) is 1.02. The molecule has 0 radical (unpaired) electrons. The van der Waals surface area contributed by atoms with E-state index in [0.29, 0.717) is 56.3 Å². The number of fused-ring (bicyclic) bond motifs is 1. The molecule has 8 heteroatoms. The van der Waals surface area contributed by atoms with Crippen molar-refractivity contribution in [3.05, 3.63) is 36.4 Å². The van der Waals surface area contributed by atoms with Crippen molar-refractivity contribution in [3.63, 3.8) is 0 Å². The van der Waals surface area contributed by atoms with Crippen LogP contribution < -0.4 is 15.4 Å². The lowest BCUT2D eigenvalue weighted by Crippen LogP contribution is -2.51. The van der Waals surface area contributed by atoms with Crippen LogP contribution in [0.2, 0.25) is 0 Å². The predicted molar refractivity (Wildman–Crippen MR) is 96.1 cm³/mol. The lowest BCUT2D eigenvalue weighted by molar-refractivity contribution is -0.122. The minimum absolute atomic E-state index is 0.0113. The molecule has 26 heavy (non-hydrogen) atoms. The van der Waals surface area contributed by atoms with E-state index in [-0.39, 0.29) is 24.3 Å². The highest BCUT2D eigenvalue weighted by Crippen LogP contribution is 2.29. The number of carbonyl (C=O) groups excluding carboxylic acids is 3. The first kappa shape index (κ1) is 17.9. The Morgan fingerprint density at radius 2 is 2.04 bits per heavy atom. The number of amides is 3. The maximum Gasteiger partial charge on any atom is 0.262 e. The van der Waals surface area contributed by atoms with Gasteiger partial charge in [-0.2, -0.15) is 0 Å². The molecule has 0 aliphatic carbocycles. The standard InChI is InChI=1S/C18H22N4O4/c1-2-5-19-16(23)11-21-6-8-22(9-7-21)18(25)13-3-4-15-14(10-13)20-17(24)12-26-15/h2-4,10H,1,5-9,11-12H2,(H,19,23)(H,20,24). The highest BCUT2D eigenvalue weighted by atomic mass is 16.5. The Labute approximate surface area is 151 Å². The maximum atomic E-state index is 12.7. The van der Waals surface area contributed by atoms with E-state index in [1.54, 1.807) is 29.2 Å². The predicted octanol–water partition coefficient (Wildman–Crippen LogP) is 0.0775. The van der Waals surface area contributed by atoms with Crippen LogP contribution in [0.15, 0.2) is 30.9 Å². The summed E-state index contributed by atoms with van der Waals surface area (Å²) in [5.74, 6) is 0.195. The second kappa shape index (κ2) is 8.01. The van der Waals surface area contributed by atoms with E-state index in [9.17, 15) is 14.4 Å². The zero-order valence-electron chi connectivity index (χ0n) is 14.5. The minimum atomic E-state index is -0.231. The Morgan fingerprint density at radius 1 is 1.27 bits per heavy atom. The zero-order valence-corrected chi connectivity index (χ0v) is 14.5. The molecule has 138 valence electrons. The van der Waals surface area contributed by atoms with Gasteiger partial charge >= 0.3 is 0 Å². The number of hydrogen-bond acceptors (Lipinski definition) is 5. The van der Waals surface area contributed by atoms with E-state index in [4.69, 9.17) is 4.74 Å². The molecule has 3 amide bonds. The molecule has 0 saturated carbocycles. The van der Waals surface area contributed by atoms with Crippen molar-refractivity contribution >= 4 is 23.4 Å². The molecular weight excluding hydrogens is 336 g/mol. The second-order valence-corrected chi connectivity index (χ2v) is 6.21. The molecule has 8 nitrogen and oxygen atoms in total. The number of ether oxygens (including phenoxy) is 1. The molecule has 2 aliphatic rings. The van der Waals surface area contributed by atoms with E-state index >= 15 is 0 Å². The number of benzene rings is 1. The van der Waals surface area contributed by atoms with Gasteiger partial charge in [-0.25, -0.2) is 0 Å². The number of nitrogens with one attached hydrogen (secondary N) is 2. The van der Waals surface area contributed by atoms with Crippen LogP contribution in [-0.2, 0) is 9.59 Å². The number of rotatable bonds is 5. The average molecular weight is 358 g/mol. The van der Waals surface area contributed by atoms with E-state index in [1.807, 2.05) is 4.90 Å². The molecular formula is C18H22N4O4. The van der Waals surface area contributed by atoms with Gasteiger partial charge in [0, 0.05) is 38.3 Å². The monoisotopic (exact) mass is 358 g/mol. The van der Waals surface area contributed by atoms with Gasteiger partial charge < -0.3 is 20.3 Å². The van der Waals surface area contributed by atoms with Crippen molar-refractivity contribution in [2.24, 2.45) is 0 Å². The van der Waals surface area contributed by atoms with Gasteiger partial charge in [-0.1, -0.05) is 6.08 Å². The SMILES string of the molecule is C=CCNC(=O)CN1CCN(C(=O)c2ccc3c(c2)NC(=O)CO3)CC1. The fourth-order valence-corrected chi connectivity index (χ4v) is 2.95. The van der Waals surface area contributed by atoms with Gasteiger partial charge in [-0.15, -0.1) is 6.58 Å². The third kappa shape index (κ3) is 4.20. The Morgan fingerprint density at radius 3 is 2.77 bits per heavy atom. The number of anilines is 1. The fourth-order valence-electron chi connectivity index (χ4n) is 2.95. The van der Waals surface area contributed by atoms with Gasteiger partial charge in [0.05, 0.1) is 12.2 Å². The molecule has 0 spiro atoms. The van der Waals surface area contributed by atoms with Crippen molar-refractivity contribution < 1.29 is 19.1 Å². The first-order valence-electron chi connectivity index (χ1n) is 8.53. The summed E-state index contributed by atoms with van der Waals surface area (Å²) in [4.78, 5) is 39.6. The third-order valence-corrected chi connectivity index (χ3v) is 4.33. The molecule has 2 heterocycles. The number of hydrogen-bond donors (Lipinski definition) is 2. The normalized spacial score (nSPS) is 16.9. The van der Waals surface area contributed by atoms with Crippen LogP contribution in [0.25, 0.3) is 0 Å². The molecule has 0 atom stereocenters. The summed E-state index contributed by atoms with van der Waals surface area (Å²) in [6, 6.07) is 5.04. The molecule has 0 unspecified atom stereocenters. The highest BCUT2D eigenvalue weighted by Gasteiger charge is 2.25. The summed E-state index contributed by atoms with van der Waals surface area (Å²) < 4.78 is 5.31. The molecule has 0 bridgehead atoms. The van der Waals surface area contributed by atoms with Crippen LogP contribution in [0.4, 0.5) is 5.69 Å². The van der Waals surface area contributed by atoms with Crippen molar-refractivity contribution in [2.45, 2.75) is 0 Å². The van der Waals surface area contributed by atoms with Crippen molar-refractivity contribution in [1.29, 1.82) is 0 Å². The average Bonchev–Trinajstić information content (AvgIpc) is 2.65. The van der Waals surface area contributed by atoms with Gasteiger partial charge in [0.1, 0.15) is 5.75 Å². The smallest absolute Gasteiger partial charge is 0.262 e. The van der Waals surface area contributed by atoms with Gasteiger partial charge in [-0.05, 0) is 18.2 Å². The molecule has 3 rings (SSSR count). The van der Waals surface area contributed by atoms with Crippen molar-refractivity contribution in [1.82, 2.24) is 15.1 Å². The summed E-state index contributed by atoms with van der Waals surface area (Å²) in [7, 11) is 0. The maximum absolute atomic E-state index is 12.7. The van der Waals surface area contributed by atoms with Crippen LogP contribution in [0.1, 0.15) is 10.4 Å². The van der Waals surface area contributed by atoms with Gasteiger partial charge in [-0.3, -0.25) is 19.3 Å². The lowest BCUT2D eigenvalue weighted by atomic mass is 10.1. The van der Waals surface area contributed by atoms with Crippen LogP contribution >= 0.6 is 0 Å². The first-order chi connectivity index (χ1) is 12.6. The van der Waals surface area contributed by atoms with Crippen LogP contribution in [0.3, 0.4) is 0 Å². The van der Waals surface area contributed by atoms with Gasteiger partial charge in [0.25, 0.3) is 11.8 Å². The molecule has 2 aliphatic heterocycles. The van der Waals surface area contributed by atoms with Gasteiger partial charge in [0.15, 0.2) is 6.61 Å². The summed E-state index contributed by atoms with van der Waals surface area (Å²) in [6.45, 7) is 6.70. The largest absolute Gasteiger partial charge is 0.482 e. The van der Waals surface area contributed by atoms with E-state index in [1.165, 1.54) is 0 Å². The van der Waals surface area contributed by atoms with E-state index in [2.05, 4.69) is 17.2 Å². The number of piperazine rings is 1. The quantitative estimate of drug-likeness (QED) is 0.728. The van der Waals surface area contributed by atoms with Crippen LogP contribution in [0.5, 0.6) is 5.75 Å². The zero-order chi connectivity index (χ0) is 18.5. The molecule has 1 aromatic carbocycles. The summed E-state index contributed by atoms with van der Waals surface area (Å²) in [5, 5.41) is 5.46. The molecule has 1 fully saturated rings. The Hall–Kier alpha value is -2.87. The third-order valence-electron chi connectivity index (χ3n) is 4.33. The van der Waals surface area contributed by atoms with Gasteiger partial charge in [0.2, 0.25) is 5.91 Å². The molecule has 1 aromatic rings. The van der Waals surface area contributed by atoms with Crippen LogP contribution in [-0.4, -0.2) is 73.4 Å². The second-order valence-electron chi connectivity index (χ2n) is 6.21. The minimum Gasteiger partial charge on any atom is -0.482 e. The number of nitrogens with zero attached hydrogens (tertiary/aromatic N) is 2. The van der Waals surface area contributed by atoms with Crippen LogP contribution in [0, 0.1) is 0 Å². The molecule has 1 saturated heterocycles. The lowest BCUT2D eigenvalue weighted by Gasteiger charge is -2.34. The van der Waals surface area contributed by atoms with E-state index in [0.717, 1.165) is 0 Å². The fraction of sp³-hybridized carbons (Fsp3) is 0.389. The highest BCUT2D eigenvalue weighted by molar-refractivity contribution is 5.99. The Kier molecular flexibility index (Phi) is 5.52. The van der Waals surface area contributed by atoms with E-state index < -0.39 is 0 Å². The van der Waals surface area contributed by atoms with Crippen molar-refractivity contribution in [2.75, 3.05) is 51.2 Å². The Balaban J connectivity index is 1.55. The van der Waals surface area contributed by atoms with Crippen molar-refractivity contribution in [3.8, 4) is 5.75 Å². The number of carbonyl (C=O) groups is 3.